The molecule has 0 bridgehead atoms. The molecule has 1 aromatic carbocycles. The Hall–Kier alpha value is -1.42. The Labute approximate surface area is 100 Å². The minimum absolute atomic E-state index is 0.0354. The van der Waals surface area contributed by atoms with E-state index in [4.69, 9.17) is 0 Å². The van der Waals surface area contributed by atoms with Gasteiger partial charge < -0.3 is 10.6 Å². The SMILES string of the molecule is C[C@H](NC(=O)CC1CNC1)c1cccc(F)c1. The van der Waals surface area contributed by atoms with Crippen molar-refractivity contribution in [1.82, 2.24) is 10.6 Å². The van der Waals surface area contributed by atoms with Crippen LogP contribution in [0.15, 0.2) is 24.3 Å². The first-order chi connectivity index (χ1) is 8.15. The van der Waals surface area contributed by atoms with Crippen LogP contribution in [-0.4, -0.2) is 19.0 Å². The largest absolute Gasteiger partial charge is 0.350 e. The molecule has 2 N–H and O–H groups in total. The lowest BCUT2D eigenvalue weighted by Gasteiger charge is -2.27. The third-order valence-corrected chi connectivity index (χ3v) is 3.07. The van der Waals surface area contributed by atoms with Crippen molar-refractivity contribution in [2.75, 3.05) is 13.1 Å². The standard InChI is InChI=1S/C13H17FN2O/c1-9(11-3-2-4-12(14)6-11)16-13(17)5-10-7-15-8-10/h2-4,6,9-10,15H,5,7-8H2,1H3,(H,16,17)/t9-/m0/s1. The molecule has 0 spiro atoms. The zero-order valence-corrected chi connectivity index (χ0v) is 9.87. The summed E-state index contributed by atoms with van der Waals surface area (Å²) < 4.78 is 13.0. The van der Waals surface area contributed by atoms with E-state index in [0.29, 0.717) is 12.3 Å². The molecular formula is C13H17FN2O. The quantitative estimate of drug-likeness (QED) is 0.834. The first-order valence-corrected chi connectivity index (χ1v) is 5.90. The number of rotatable bonds is 4. The van der Waals surface area contributed by atoms with E-state index in [9.17, 15) is 9.18 Å². The molecule has 1 aliphatic rings. The van der Waals surface area contributed by atoms with E-state index in [2.05, 4.69) is 10.6 Å². The monoisotopic (exact) mass is 236 g/mol. The van der Waals surface area contributed by atoms with Crippen LogP contribution in [0, 0.1) is 11.7 Å². The smallest absolute Gasteiger partial charge is 0.220 e. The fraction of sp³-hybridized carbons (Fsp3) is 0.462. The Bertz CT molecular complexity index is 404. The van der Waals surface area contributed by atoms with Gasteiger partial charge in [0.05, 0.1) is 6.04 Å². The molecular weight excluding hydrogens is 219 g/mol. The van der Waals surface area contributed by atoms with Crippen molar-refractivity contribution in [3.8, 4) is 0 Å². The van der Waals surface area contributed by atoms with Crippen LogP contribution in [0.5, 0.6) is 0 Å². The van der Waals surface area contributed by atoms with Gasteiger partial charge in [0.1, 0.15) is 5.82 Å². The fourth-order valence-corrected chi connectivity index (χ4v) is 1.91. The van der Waals surface area contributed by atoms with Crippen LogP contribution in [0.2, 0.25) is 0 Å². The number of carbonyl (C=O) groups excluding carboxylic acids is 1. The average Bonchev–Trinajstić information content (AvgIpc) is 2.23. The molecule has 0 aliphatic carbocycles. The summed E-state index contributed by atoms with van der Waals surface area (Å²) >= 11 is 0. The highest BCUT2D eigenvalue weighted by molar-refractivity contribution is 5.76. The minimum Gasteiger partial charge on any atom is -0.350 e. The van der Waals surface area contributed by atoms with Crippen molar-refractivity contribution in [3.05, 3.63) is 35.6 Å². The van der Waals surface area contributed by atoms with Crippen molar-refractivity contribution in [2.24, 2.45) is 5.92 Å². The first kappa shape index (κ1) is 12.0. The van der Waals surface area contributed by atoms with Crippen LogP contribution in [0.3, 0.4) is 0 Å². The van der Waals surface area contributed by atoms with Crippen molar-refractivity contribution >= 4 is 5.91 Å². The van der Waals surface area contributed by atoms with E-state index in [1.54, 1.807) is 6.07 Å². The van der Waals surface area contributed by atoms with Crippen LogP contribution < -0.4 is 10.6 Å². The number of carbonyl (C=O) groups is 1. The van der Waals surface area contributed by atoms with Crippen molar-refractivity contribution in [1.29, 1.82) is 0 Å². The van der Waals surface area contributed by atoms with E-state index in [-0.39, 0.29) is 17.8 Å². The van der Waals surface area contributed by atoms with Gasteiger partial charge in [0, 0.05) is 6.42 Å². The molecule has 0 radical (unpaired) electrons. The normalized spacial score (nSPS) is 17.3. The number of benzene rings is 1. The molecule has 2 rings (SSSR count). The summed E-state index contributed by atoms with van der Waals surface area (Å²) in [7, 11) is 0. The molecule has 3 nitrogen and oxygen atoms in total. The summed E-state index contributed by atoms with van der Waals surface area (Å²) in [4.78, 5) is 11.7. The molecule has 1 atom stereocenters. The van der Waals surface area contributed by atoms with Crippen LogP contribution in [0.4, 0.5) is 4.39 Å². The van der Waals surface area contributed by atoms with Gasteiger partial charge in [-0.05, 0) is 43.6 Å². The fourth-order valence-electron chi connectivity index (χ4n) is 1.91. The Morgan fingerprint density at radius 2 is 2.35 bits per heavy atom. The van der Waals surface area contributed by atoms with E-state index >= 15 is 0 Å². The van der Waals surface area contributed by atoms with Crippen LogP contribution >= 0.6 is 0 Å². The maximum Gasteiger partial charge on any atom is 0.220 e. The molecule has 1 heterocycles. The number of hydrogen-bond acceptors (Lipinski definition) is 2. The van der Waals surface area contributed by atoms with Gasteiger partial charge in [-0.2, -0.15) is 0 Å². The van der Waals surface area contributed by atoms with E-state index in [1.165, 1.54) is 12.1 Å². The highest BCUT2D eigenvalue weighted by atomic mass is 19.1. The lowest BCUT2D eigenvalue weighted by molar-refractivity contribution is -0.123. The first-order valence-electron chi connectivity index (χ1n) is 5.90. The van der Waals surface area contributed by atoms with Crippen LogP contribution in [-0.2, 0) is 4.79 Å². The van der Waals surface area contributed by atoms with Gasteiger partial charge in [0.25, 0.3) is 0 Å². The maximum absolute atomic E-state index is 13.0. The lowest BCUT2D eigenvalue weighted by Crippen LogP contribution is -2.44. The number of amides is 1. The van der Waals surface area contributed by atoms with Crippen LogP contribution in [0.1, 0.15) is 24.9 Å². The summed E-state index contributed by atoms with van der Waals surface area (Å²) in [5, 5.41) is 6.02. The van der Waals surface area contributed by atoms with Gasteiger partial charge >= 0.3 is 0 Å². The molecule has 1 saturated heterocycles. The topological polar surface area (TPSA) is 41.1 Å². The summed E-state index contributed by atoms with van der Waals surface area (Å²) in [5.41, 5.74) is 0.796. The Balaban J connectivity index is 1.87. The molecule has 0 saturated carbocycles. The second kappa shape index (κ2) is 5.27. The number of hydrogen-bond donors (Lipinski definition) is 2. The summed E-state index contributed by atoms with van der Waals surface area (Å²) in [5.74, 6) is 0.217. The highest BCUT2D eigenvalue weighted by Gasteiger charge is 2.21. The molecule has 17 heavy (non-hydrogen) atoms. The zero-order valence-electron chi connectivity index (χ0n) is 9.87. The second-order valence-electron chi connectivity index (χ2n) is 4.57. The number of halogens is 1. The molecule has 92 valence electrons. The maximum atomic E-state index is 13.0. The molecule has 1 amide bonds. The van der Waals surface area contributed by atoms with Crippen molar-refractivity contribution < 1.29 is 9.18 Å². The molecule has 1 fully saturated rings. The summed E-state index contributed by atoms with van der Waals surface area (Å²) in [6, 6.07) is 6.18. The third-order valence-electron chi connectivity index (χ3n) is 3.07. The van der Waals surface area contributed by atoms with Crippen molar-refractivity contribution in [2.45, 2.75) is 19.4 Å². The molecule has 1 aromatic rings. The van der Waals surface area contributed by atoms with Gasteiger partial charge in [-0.15, -0.1) is 0 Å². The summed E-state index contributed by atoms with van der Waals surface area (Å²) in [6.07, 6.45) is 0.548. The average molecular weight is 236 g/mol. The van der Waals surface area contributed by atoms with E-state index in [1.807, 2.05) is 13.0 Å². The van der Waals surface area contributed by atoms with Gasteiger partial charge in [0.2, 0.25) is 5.91 Å². The van der Waals surface area contributed by atoms with E-state index < -0.39 is 0 Å². The minimum atomic E-state index is -0.271. The van der Waals surface area contributed by atoms with Gasteiger partial charge in [-0.1, -0.05) is 12.1 Å². The van der Waals surface area contributed by atoms with Crippen LogP contribution in [0.25, 0.3) is 0 Å². The predicted octanol–water partition coefficient (Wildman–Crippen LogP) is 1.61. The van der Waals surface area contributed by atoms with E-state index in [0.717, 1.165) is 18.7 Å². The Morgan fingerprint density at radius 1 is 1.59 bits per heavy atom. The highest BCUT2D eigenvalue weighted by Crippen LogP contribution is 2.15. The Kier molecular flexibility index (Phi) is 3.74. The third kappa shape index (κ3) is 3.27. The van der Waals surface area contributed by atoms with Crippen molar-refractivity contribution in [3.63, 3.8) is 0 Å². The zero-order chi connectivity index (χ0) is 12.3. The molecule has 0 aromatic heterocycles. The van der Waals surface area contributed by atoms with Gasteiger partial charge in [-0.3, -0.25) is 4.79 Å². The lowest BCUT2D eigenvalue weighted by atomic mass is 9.98. The number of nitrogens with one attached hydrogen (secondary N) is 2. The molecule has 4 heteroatoms. The predicted molar refractivity (Wildman–Crippen MR) is 63.9 cm³/mol. The molecule has 0 unspecified atom stereocenters. The summed E-state index contributed by atoms with van der Waals surface area (Å²) in [6.45, 7) is 3.70. The van der Waals surface area contributed by atoms with Gasteiger partial charge in [-0.25, -0.2) is 4.39 Å². The van der Waals surface area contributed by atoms with Gasteiger partial charge in [0.15, 0.2) is 0 Å². The second-order valence-corrected chi connectivity index (χ2v) is 4.57. The molecule has 1 aliphatic heterocycles. The Morgan fingerprint density at radius 3 is 2.94 bits per heavy atom.